The monoisotopic (exact) mass is 488 g/mol. The summed E-state index contributed by atoms with van der Waals surface area (Å²) >= 11 is 0. The summed E-state index contributed by atoms with van der Waals surface area (Å²) in [6.45, 7) is 5.46. The van der Waals surface area contributed by atoms with Gasteiger partial charge in [-0.15, -0.1) is 0 Å². The molecule has 2 aromatic carbocycles. The summed E-state index contributed by atoms with van der Waals surface area (Å²) < 4.78 is 46.2. The summed E-state index contributed by atoms with van der Waals surface area (Å²) in [5.74, 6) is -0.481. The summed E-state index contributed by atoms with van der Waals surface area (Å²) in [5.41, 5.74) is 1.54. The van der Waals surface area contributed by atoms with Crippen molar-refractivity contribution in [3.8, 4) is 5.75 Å². The molecule has 2 fully saturated rings. The van der Waals surface area contributed by atoms with E-state index >= 15 is 0 Å². The zero-order valence-electron chi connectivity index (χ0n) is 19.1. The number of carboxylic acids is 1. The molecular formula is C25H29FN2O5S. The van der Waals surface area contributed by atoms with Crippen molar-refractivity contribution >= 4 is 28.2 Å². The van der Waals surface area contributed by atoms with Gasteiger partial charge in [0.25, 0.3) is 0 Å². The van der Waals surface area contributed by atoms with Gasteiger partial charge in [0.2, 0.25) is 10.9 Å². The first kappa shape index (κ1) is 23.1. The Kier molecular flexibility index (Phi) is 6.24. The number of carboxylic acid groups (broad SMARTS) is 1. The molecule has 34 heavy (non-hydrogen) atoms. The first-order valence-corrected chi connectivity index (χ1v) is 13.0. The van der Waals surface area contributed by atoms with Crippen LogP contribution in [0.5, 0.6) is 5.75 Å². The molecule has 0 bridgehead atoms. The lowest BCUT2D eigenvalue weighted by Crippen LogP contribution is -2.34. The van der Waals surface area contributed by atoms with Gasteiger partial charge in [0.15, 0.2) is 0 Å². The fraction of sp³-hybridized carbons (Fsp3) is 0.480. The smallest absolute Gasteiger partial charge is 0.341 e. The number of halogens is 1. The zero-order chi connectivity index (χ0) is 24.0. The van der Waals surface area contributed by atoms with E-state index in [1.54, 1.807) is 12.1 Å². The molecule has 2 heterocycles. The second kappa shape index (κ2) is 9.19. The van der Waals surface area contributed by atoms with Gasteiger partial charge in [-0.2, -0.15) is 0 Å². The van der Waals surface area contributed by atoms with Crippen LogP contribution in [-0.4, -0.2) is 50.6 Å². The van der Waals surface area contributed by atoms with Crippen LogP contribution < -0.4 is 9.04 Å². The Morgan fingerprint density at radius 2 is 1.94 bits per heavy atom. The number of thiol groups is 1. The molecule has 1 N–H and O–H groups in total. The zero-order valence-corrected chi connectivity index (χ0v) is 20.0. The van der Waals surface area contributed by atoms with E-state index in [1.807, 2.05) is 0 Å². The summed E-state index contributed by atoms with van der Waals surface area (Å²) in [6, 6.07) is 7.34. The van der Waals surface area contributed by atoms with Gasteiger partial charge < -0.3 is 14.7 Å². The van der Waals surface area contributed by atoms with Gasteiger partial charge in [0.05, 0.1) is 18.0 Å². The van der Waals surface area contributed by atoms with Crippen molar-refractivity contribution in [1.29, 1.82) is 0 Å². The summed E-state index contributed by atoms with van der Waals surface area (Å²) in [4.78, 5) is 14.7. The molecule has 0 radical (unpaired) electrons. The molecule has 2 aliphatic heterocycles. The Morgan fingerprint density at radius 3 is 2.62 bits per heavy atom. The molecule has 7 nitrogen and oxygen atoms in total. The normalized spacial score (nSPS) is 22.1. The first-order valence-electron chi connectivity index (χ1n) is 11.9. The van der Waals surface area contributed by atoms with Gasteiger partial charge >= 0.3 is 5.97 Å². The number of carbonyl (C=O) groups is 1. The molecule has 0 amide bonds. The predicted octanol–water partition coefficient (Wildman–Crippen LogP) is 3.96. The van der Waals surface area contributed by atoms with E-state index in [0.717, 1.165) is 48.8 Å². The Labute approximate surface area is 200 Å². The van der Waals surface area contributed by atoms with Crippen LogP contribution in [0.4, 0.5) is 15.8 Å². The molecule has 1 aliphatic carbocycles. The first-order chi connectivity index (χ1) is 16.4. The molecule has 9 heteroatoms. The topological polar surface area (TPSA) is 87.2 Å². The Hall–Kier alpha value is -2.65. The van der Waals surface area contributed by atoms with Crippen LogP contribution in [0.15, 0.2) is 30.3 Å². The number of aromatic carboxylic acids is 1. The fourth-order valence-corrected chi connectivity index (χ4v) is 6.18. The summed E-state index contributed by atoms with van der Waals surface area (Å²) in [6.07, 6.45) is 3.37. The molecule has 0 spiro atoms. The third-order valence-corrected chi connectivity index (χ3v) is 8.23. The number of benzene rings is 2. The van der Waals surface area contributed by atoms with Crippen molar-refractivity contribution in [1.82, 2.24) is 4.90 Å². The minimum atomic E-state index is -3.25. The van der Waals surface area contributed by atoms with E-state index < -0.39 is 22.7 Å². The SMILES string of the molecule is CCN1CCC(Cc2cc(F)ccc2N(c2ccc3c(c2C(=O)O)OCC2CC32)[SH](=O)=O)CC1. The Bertz CT molecular complexity index is 1180. The van der Waals surface area contributed by atoms with Gasteiger partial charge in [0.1, 0.15) is 17.1 Å². The molecule has 0 aromatic heterocycles. The lowest BCUT2D eigenvalue weighted by molar-refractivity contribution is 0.0692. The maximum absolute atomic E-state index is 14.3. The molecule has 5 rings (SSSR count). The van der Waals surface area contributed by atoms with E-state index in [-0.39, 0.29) is 28.6 Å². The van der Waals surface area contributed by atoms with Crippen molar-refractivity contribution in [3.63, 3.8) is 0 Å². The van der Waals surface area contributed by atoms with Crippen LogP contribution in [0.1, 0.15) is 53.6 Å². The van der Waals surface area contributed by atoms with Crippen molar-refractivity contribution in [2.24, 2.45) is 11.8 Å². The second-order valence-electron chi connectivity index (χ2n) is 9.50. The molecule has 2 unspecified atom stereocenters. The van der Waals surface area contributed by atoms with Crippen molar-refractivity contribution < 1.29 is 27.4 Å². The third kappa shape index (κ3) is 4.27. The fourth-order valence-electron chi connectivity index (χ4n) is 5.47. The second-order valence-corrected chi connectivity index (χ2v) is 10.4. The number of piperidine rings is 1. The minimum Gasteiger partial charge on any atom is -0.492 e. The molecule has 1 saturated heterocycles. The number of fused-ring (bicyclic) bond motifs is 3. The van der Waals surface area contributed by atoms with E-state index in [1.165, 1.54) is 18.2 Å². The highest BCUT2D eigenvalue weighted by molar-refractivity contribution is 7.74. The summed E-state index contributed by atoms with van der Waals surface area (Å²) in [5, 5.41) is 10.1. The lowest BCUT2D eigenvalue weighted by atomic mass is 9.89. The number of nitrogens with zero attached hydrogens (tertiary/aromatic N) is 2. The standard InChI is InChI=1S/C25H29FN2O5S/c1-2-27-9-7-15(8-10-27)11-16-12-18(26)3-5-21(16)28(34(31)32)22-6-4-19-20-13-17(20)14-33-24(19)23(22)25(29)30/h3-6,12,15,17,20,34H,2,7-11,13-14H2,1H3,(H,29,30). The maximum atomic E-state index is 14.3. The van der Waals surface area contributed by atoms with E-state index in [9.17, 15) is 22.7 Å². The number of hydrogen-bond acceptors (Lipinski definition) is 5. The predicted molar refractivity (Wildman–Crippen MR) is 127 cm³/mol. The largest absolute Gasteiger partial charge is 0.492 e. The number of ether oxygens (including phenoxy) is 1. The van der Waals surface area contributed by atoms with Crippen LogP contribution >= 0.6 is 0 Å². The van der Waals surface area contributed by atoms with Gasteiger partial charge in [-0.25, -0.2) is 21.9 Å². The molecule has 2 atom stereocenters. The van der Waals surface area contributed by atoms with Crippen molar-refractivity contribution in [2.45, 2.75) is 38.5 Å². The highest BCUT2D eigenvalue weighted by atomic mass is 32.2. The highest BCUT2D eigenvalue weighted by Crippen LogP contribution is 2.56. The quantitative estimate of drug-likeness (QED) is 0.574. The van der Waals surface area contributed by atoms with E-state index in [2.05, 4.69) is 11.8 Å². The average Bonchev–Trinajstić information content (AvgIpc) is 3.61. The van der Waals surface area contributed by atoms with Gasteiger partial charge in [-0.1, -0.05) is 13.0 Å². The Balaban J connectivity index is 1.55. The van der Waals surface area contributed by atoms with Crippen molar-refractivity contribution in [3.05, 3.63) is 52.8 Å². The van der Waals surface area contributed by atoms with Gasteiger partial charge in [-0.05, 0) is 92.5 Å². The molecule has 3 aliphatic rings. The highest BCUT2D eigenvalue weighted by Gasteiger charge is 2.45. The van der Waals surface area contributed by atoms with Crippen molar-refractivity contribution in [2.75, 3.05) is 30.5 Å². The van der Waals surface area contributed by atoms with Crippen LogP contribution in [0.3, 0.4) is 0 Å². The third-order valence-electron chi connectivity index (χ3n) is 7.47. The molecule has 2 aromatic rings. The average molecular weight is 489 g/mol. The number of anilines is 2. The minimum absolute atomic E-state index is 0.0233. The number of rotatable bonds is 7. The van der Waals surface area contributed by atoms with Gasteiger partial charge in [-0.3, -0.25) is 0 Å². The van der Waals surface area contributed by atoms with Crippen LogP contribution in [0.25, 0.3) is 0 Å². The number of hydrogen-bond donors (Lipinski definition) is 2. The van der Waals surface area contributed by atoms with E-state index in [0.29, 0.717) is 30.4 Å². The maximum Gasteiger partial charge on any atom is 0.341 e. The molecule has 1 saturated carbocycles. The summed E-state index contributed by atoms with van der Waals surface area (Å²) in [7, 11) is -3.25. The van der Waals surface area contributed by atoms with Gasteiger partial charge in [0, 0.05) is 5.92 Å². The van der Waals surface area contributed by atoms with Crippen LogP contribution in [-0.2, 0) is 17.3 Å². The van der Waals surface area contributed by atoms with Crippen LogP contribution in [0.2, 0.25) is 0 Å². The number of likely N-dealkylation sites (tertiary alicyclic amines) is 1. The molecule has 182 valence electrons. The Morgan fingerprint density at radius 1 is 1.21 bits per heavy atom. The van der Waals surface area contributed by atoms with E-state index in [4.69, 9.17) is 4.74 Å². The lowest BCUT2D eigenvalue weighted by Gasteiger charge is -2.32. The van der Waals surface area contributed by atoms with Crippen LogP contribution in [0, 0.1) is 17.7 Å². The molecular weight excluding hydrogens is 459 g/mol.